The standard InChI is InChI=1S/C12H12F3N3O2S/c1-7-11(16)8(2)18(17-7)9-5-3-4-6-10(9)21(19,20)12(13,14)15/h3-6H,16H2,1-2H3. The maximum absolute atomic E-state index is 12.8. The molecule has 0 radical (unpaired) electrons. The third-order valence-electron chi connectivity index (χ3n) is 3.03. The fourth-order valence-electron chi connectivity index (χ4n) is 1.87. The number of nitrogens with zero attached hydrogens (tertiary/aromatic N) is 2. The van der Waals surface area contributed by atoms with Crippen molar-refractivity contribution in [1.29, 1.82) is 0 Å². The van der Waals surface area contributed by atoms with E-state index in [4.69, 9.17) is 5.73 Å². The van der Waals surface area contributed by atoms with Crippen LogP contribution in [0.2, 0.25) is 0 Å². The number of nitrogen functional groups attached to an aromatic ring is 1. The Bertz CT molecular complexity index is 795. The van der Waals surface area contributed by atoms with Gasteiger partial charge in [-0.2, -0.15) is 18.3 Å². The number of nitrogens with two attached hydrogens (primary N) is 1. The van der Waals surface area contributed by atoms with Gasteiger partial charge in [-0.05, 0) is 26.0 Å². The van der Waals surface area contributed by atoms with Crippen molar-refractivity contribution < 1.29 is 21.6 Å². The fraction of sp³-hybridized carbons (Fsp3) is 0.250. The second-order valence-electron chi connectivity index (χ2n) is 4.41. The van der Waals surface area contributed by atoms with Gasteiger partial charge in [0, 0.05) is 0 Å². The van der Waals surface area contributed by atoms with Crippen LogP contribution >= 0.6 is 0 Å². The lowest BCUT2D eigenvalue weighted by atomic mass is 10.3. The zero-order valence-electron chi connectivity index (χ0n) is 11.1. The minimum atomic E-state index is -5.48. The molecule has 2 rings (SSSR count). The van der Waals surface area contributed by atoms with Gasteiger partial charge in [0.25, 0.3) is 9.84 Å². The molecule has 0 aliphatic carbocycles. The Hall–Kier alpha value is -2.03. The minimum absolute atomic E-state index is 0.188. The van der Waals surface area contributed by atoms with Crippen molar-refractivity contribution in [2.24, 2.45) is 0 Å². The Morgan fingerprint density at radius 1 is 1.19 bits per heavy atom. The summed E-state index contributed by atoms with van der Waals surface area (Å²) in [5.41, 5.74) is 1.24. The number of para-hydroxylation sites is 1. The molecule has 9 heteroatoms. The Morgan fingerprint density at radius 3 is 2.24 bits per heavy atom. The maximum Gasteiger partial charge on any atom is 0.501 e. The molecule has 1 aromatic carbocycles. The van der Waals surface area contributed by atoms with Gasteiger partial charge in [-0.25, -0.2) is 13.1 Å². The van der Waals surface area contributed by atoms with E-state index >= 15 is 0 Å². The van der Waals surface area contributed by atoms with Crippen molar-refractivity contribution in [3.05, 3.63) is 35.7 Å². The molecule has 0 atom stereocenters. The molecular formula is C12H12F3N3O2S. The summed E-state index contributed by atoms with van der Waals surface area (Å²) >= 11 is 0. The zero-order chi connectivity index (χ0) is 16.0. The average molecular weight is 319 g/mol. The number of anilines is 1. The van der Waals surface area contributed by atoms with Crippen LogP contribution in [0.4, 0.5) is 18.9 Å². The minimum Gasteiger partial charge on any atom is -0.396 e. The Kier molecular flexibility index (Phi) is 3.48. The van der Waals surface area contributed by atoms with Crippen molar-refractivity contribution in [3.8, 4) is 5.69 Å². The van der Waals surface area contributed by atoms with Crippen molar-refractivity contribution in [3.63, 3.8) is 0 Å². The number of hydrogen-bond acceptors (Lipinski definition) is 4. The number of rotatable bonds is 2. The highest BCUT2D eigenvalue weighted by molar-refractivity contribution is 7.92. The quantitative estimate of drug-likeness (QED) is 0.922. The van der Waals surface area contributed by atoms with Gasteiger partial charge < -0.3 is 5.73 Å². The molecule has 0 bridgehead atoms. The summed E-state index contributed by atoms with van der Waals surface area (Å²) in [5.74, 6) is 0. The Morgan fingerprint density at radius 2 is 1.76 bits per heavy atom. The summed E-state index contributed by atoms with van der Waals surface area (Å²) in [5, 5.41) is 4.00. The lowest BCUT2D eigenvalue weighted by molar-refractivity contribution is -0.0436. The van der Waals surface area contributed by atoms with Crippen LogP contribution in [0.15, 0.2) is 29.2 Å². The SMILES string of the molecule is Cc1nn(-c2ccccc2S(=O)(=O)C(F)(F)F)c(C)c1N. The number of hydrogen-bond donors (Lipinski definition) is 1. The first-order valence-corrected chi connectivity index (χ1v) is 7.28. The van der Waals surface area contributed by atoms with E-state index in [-0.39, 0.29) is 5.69 Å². The lowest BCUT2D eigenvalue weighted by Crippen LogP contribution is -2.24. The third kappa shape index (κ3) is 2.37. The highest BCUT2D eigenvalue weighted by atomic mass is 32.2. The van der Waals surface area contributed by atoms with Crippen LogP contribution in [-0.4, -0.2) is 23.7 Å². The molecule has 5 nitrogen and oxygen atoms in total. The molecule has 2 N–H and O–H groups in total. The van der Waals surface area contributed by atoms with Crippen molar-refractivity contribution in [1.82, 2.24) is 9.78 Å². The normalized spacial score (nSPS) is 12.6. The van der Waals surface area contributed by atoms with E-state index in [0.717, 1.165) is 10.7 Å². The molecule has 0 fully saturated rings. The van der Waals surface area contributed by atoms with Crippen LogP contribution in [0.1, 0.15) is 11.4 Å². The molecule has 1 aromatic heterocycles. The monoisotopic (exact) mass is 319 g/mol. The molecule has 0 saturated heterocycles. The van der Waals surface area contributed by atoms with Crippen LogP contribution in [0.3, 0.4) is 0 Å². The summed E-state index contributed by atoms with van der Waals surface area (Å²) in [6, 6.07) is 4.79. The Balaban J connectivity index is 2.77. The number of sulfone groups is 1. The highest BCUT2D eigenvalue weighted by Crippen LogP contribution is 2.34. The van der Waals surface area contributed by atoms with Crippen LogP contribution in [0, 0.1) is 13.8 Å². The van der Waals surface area contributed by atoms with Gasteiger partial charge in [0.1, 0.15) is 4.90 Å². The molecule has 0 aliphatic heterocycles. The first-order chi connectivity index (χ1) is 9.57. The predicted molar refractivity (Wildman–Crippen MR) is 70.7 cm³/mol. The number of alkyl halides is 3. The van der Waals surface area contributed by atoms with Gasteiger partial charge in [-0.1, -0.05) is 12.1 Å². The van der Waals surface area contributed by atoms with E-state index in [9.17, 15) is 21.6 Å². The summed E-state index contributed by atoms with van der Waals surface area (Å²) in [4.78, 5) is -0.858. The molecule has 0 unspecified atom stereocenters. The van der Waals surface area contributed by atoms with E-state index in [2.05, 4.69) is 5.10 Å². The molecule has 1 heterocycles. The molecule has 21 heavy (non-hydrogen) atoms. The summed E-state index contributed by atoms with van der Waals surface area (Å²) in [6.07, 6.45) is 0. The smallest absolute Gasteiger partial charge is 0.396 e. The average Bonchev–Trinajstić information content (AvgIpc) is 2.65. The lowest BCUT2D eigenvalue weighted by Gasteiger charge is -2.13. The van der Waals surface area contributed by atoms with Gasteiger partial charge in [0.2, 0.25) is 0 Å². The molecule has 0 spiro atoms. The third-order valence-corrected chi connectivity index (χ3v) is 4.57. The number of benzene rings is 1. The maximum atomic E-state index is 12.8. The van der Waals surface area contributed by atoms with Gasteiger partial charge in [-0.15, -0.1) is 0 Å². The van der Waals surface area contributed by atoms with Crippen LogP contribution in [0.5, 0.6) is 0 Å². The van der Waals surface area contributed by atoms with Gasteiger partial charge in [0.05, 0.1) is 22.8 Å². The summed E-state index contributed by atoms with van der Waals surface area (Å²) < 4.78 is 62.7. The molecule has 0 amide bonds. The second kappa shape index (κ2) is 4.76. The van der Waals surface area contributed by atoms with Crippen LogP contribution < -0.4 is 5.73 Å². The van der Waals surface area contributed by atoms with Gasteiger partial charge in [0.15, 0.2) is 0 Å². The Labute approximate surface area is 119 Å². The zero-order valence-corrected chi connectivity index (χ0v) is 12.0. The predicted octanol–water partition coefficient (Wildman–Crippen LogP) is 2.36. The van der Waals surface area contributed by atoms with E-state index in [1.807, 2.05) is 0 Å². The molecule has 0 aliphatic rings. The van der Waals surface area contributed by atoms with Crippen LogP contribution in [-0.2, 0) is 9.84 Å². The number of aryl methyl sites for hydroxylation is 1. The largest absolute Gasteiger partial charge is 0.501 e. The number of halogens is 3. The van der Waals surface area contributed by atoms with Crippen molar-refractivity contribution in [2.75, 3.05) is 5.73 Å². The van der Waals surface area contributed by atoms with Crippen LogP contribution in [0.25, 0.3) is 5.69 Å². The first kappa shape index (κ1) is 15.4. The first-order valence-electron chi connectivity index (χ1n) is 5.80. The molecule has 0 saturated carbocycles. The summed E-state index contributed by atoms with van der Waals surface area (Å²) in [7, 11) is -5.48. The second-order valence-corrected chi connectivity index (χ2v) is 6.32. The van der Waals surface area contributed by atoms with E-state index in [1.165, 1.54) is 18.2 Å². The van der Waals surface area contributed by atoms with E-state index < -0.39 is 20.2 Å². The molecule has 2 aromatic rings. The number of aromatic nitrogens is 2. The molecule has 114 valence electrons. The summed E-state index contributed by atoms with van der Waals surface area (Å²) in [6.45, 7) is 3.13. The van der Waals surface area contributed by atoms with Gasteiger partial charge in [-0.3, -0.25) is 0 Å². The van der Waals surface area contributed by atoms with Gasteiger partial charge >= 0.3 is 5.51 Å². The molecular weight excluding hydrogens is 307 g/mol. The highest BCUT2D eigenvalue weighted by Gasteiger charge is 2.48. The fourth-order valence-corrected chi connectivity index (χ4v) is 2.81. The van der Waals surface area contributed by atoms with Crippen molar-refractivity contribution >= 4 is 15.5 Å². The van der Waals surface area contributed by atoms with Crippen molar-refractivity contribution in [2.45, 2.75) is 24.3 Å². The van der Waals surface area contributed by atoms with E-state index in [0.29, 0.717) is 17.1 Å². The topological polar surface area (TPSA) is 78.0 Å². The van der Waals surface area contributed by atoms with E-state index in [1.54, 1.807) is 13.8 Å².